The van der Waals surface area contributed by atoms with E-state index in [4.69, 9.17) is 0 Å². The highest BCUT2D eigenvalue weighted by molar-refractivity contribution is 5.94. The van der Waals surface area contributed by atoms with Gasteiger partial charge in [-0.25, -0.2) is 14.0 Å². The fourth-order valence-corrected chi connectivity index (χ4v) is 2.77. The first-order valence-corrected chi connectivity index (χ1v) is 8.75. The van der Waals surface area contributed by atoms with Gasteiger partial charge in [0, 0.05) is 38.8 Å². The molecule has 2 rings (SSSR count). The van der Waals surface area contributed by atoms with Gasteiger partial charge in [-0.1, -0.05) is 0 Å². The van der Waals surface area contributed by atoms with Crippen LogP contribution in [0.25, 0.3) is 0 Å². The van der Waals surface area contributed by atoms with Crippen LogP contribution in [0.4, 0.5) is 14.9 Å². The summed E-state index contributed by atoms with van der Waals surface area (Å²) in [5.41, 5.74) is 0.115. The van der Waals surface area contributed by atoms with Crippen molar-refractivity contribution < 1.29 is 18.7 Å². The monoisotopic (exact) mass is 366 g/mol. The quantitative estimate of drug-likeness (QED) is 0.751. The molecule has 0 spiro atoms. The molecule has 1 aromatic rings. The third-order valence-corrected chi connectivity index (χ3v) is 4.49. The average Bonchev–Trinajstić information content (AvgIpc) is 2.62. The molecule has 0 aliphatic carbocycles. The first kappa shape index (κ1) is 20.1. The normalized spacial score (nSPS) is 16.8. The molecule has 1 aliphatic rings. The van der Waals surface area contributed by atoms with Crippen molar-refractivity contribution in [3.05, 3.63) is 29.6 Å². The topological polar surface area (TPSA) is 73.9 Å². The van der Waals surface area contributed by atoms with E-state index in [1.54, 1.807) is 0 Å². The second kappa shape index (κ2) is 9.49. The van der Waals surface area contributed by atoms with Crippen LogP contribution in [0.1, 0.15) is 23.7 Å². The van der Waals surface area contributed by atoms with Gasteiger partial charge < -0.3 is 25.2 Å². The lowest BCUT2D eigenvalue weighted by Gasteiger charge is -2.32. The Labute approximate surface area is 153 Å². The molecule has 1 fully saturated rings. The number of carbonyl (C=O) groups excluding carboxylic acids is 2. The van der Waals surface area contributed by atoms with Gasteiger partial charge in [0.25, 0.3) is 0 Å². The zero-order valence-electron chi connectivity index (χ0n) is 15.5. The van der Waals surface area contributed by atoms with E-state index in [-0.39, 0.29) is 17.3 Å². The molecule has 0 aromatic heterocycles. The van der Waals surface area contributed by atoms with E-state index in [2.05, 4.69) is 32.2 Å². The molecule has 2 amide bonds. The van der Waals surface area contributed by atoms with Crippen LogP contribution >= 0.6 is 0 Å². The van der Waals surface area contributed by atoms with Gasteiger partial charge in [-0.05, 0) is 38.6 Å². The SMILES string of the molecule is COC(=O)c1ccc(F)c(NC(=O)NC(C)CCN2CCN(C)CC2)c1. The van der Waals surface area contributed by atoms with Gasteiger partial charge in [0.1, 0.15) is 5.82 Å². The molecule has 7 nitrogen and oxygen atoms in total. The number of halogens is 1. The van der Waals surface area contributed by atoms with E-state index in [9.17, 15) is 14.0 Å². The summed E-state index contributed by atoms with van der Waals surface area (Å²) in [5, 5.41) is 5.25. The number of esters is 1. The van der Waals surface area contributed by atoms with Crippen LogP contribution < -0.4 is 10.6 Å². The number of rotatable bonds is 6. The number of amides is 2. The van der Waals surface area contributed by atoms with Crippen molar-refractivity contribution in [1.29, 1.82) is 0 Å². The summed E-state index contributed by atoms with van der Waals surface area (Å²) in [6.07, 6.45) is 0.807. The Balaban J connectivity index is 1.81. The van der Waals surface area contributed by atoms with Gasteiger partial charge in [0.2, 0.25) is 0 Å². The van der Waals surface area contributed by atoms with Gasteiger partial charge in [-0.15, -0.1) is 0 Å². The second-order valence-corrected chi connectivity index (χ2v) is 6.62. The summed E-state index contributed by atoms with van der Waals surface area (Å²) >= 11 is 0. The molecule has 1 aliphatic heterocycles. The fourth-order valence-electron chi connectivity index (χ4n) is 2.77. The number of nitrogens with zero attached hydrogens (tertiary/aromatic N) is 2. The Hall–Kier alpha value is -2.19. The highest BCUT2D eigenvalue weighted by atomic mass is 19.1. The molecule has 1 unspecified atom stereocenters. The van der Waals surface area contributed by atoms with E-state index < -0.39 is 17.8 Å². The lowest BCUT2D eigenvalue weighted by atomic mass is 10.2. The predicted molar refractivity (Wildman–Crippen MR) is 97.9 cm³/mol. The Kier molecular flexibility index (Phi) is 7.35. The van der Waals surface area contributed by atoms with Gasteiger partial charge in [0.15, 0.2) is 0 Å². The van der Waals surface area contributed by atoms with Crippen molar-refractivity contribution in [3.8, 4) is 0 Å². The summed E-state index contributed by atoms with van der Waals surface area (Å²) in [5.74, 6) is -1.20. The zero-order chi connectivity index (χ0) is 19.1. The number of benzene rings is 1. The van der Waals surface area contributed by atoms with Gasteiger partial charge in [-0.2, -0.15) is 0 Å². The van der Waals surface area contributed by atoms with Gasteiger partial charge >= 0.3 is 12.0 Å². The molecule has 1 atom stereocenters. The molecule has 0 bridgehead atoms. The number of methoxy groups -OCH3 is 1. The summed E-state index contributed by atoms with van der Waals surface area (Å²) in [4.78, 5) is 28.3. The maximum absolute atomic E-state index is 13.9. The Morgan fingerprint density at radius 3 is 2.62 bits per heavy atom. The molecule has 0 radical (unpaired) electrons. The highest BCUT2D eigenvalue weighted by Crippen LogP contribution is 2.17. The van der Waals surface area contributed by atoms with E-state index in [1.807, 2.05) is 6.92 Å². The minimum atomic E-state index is -0.613. The van der Waals surface area contributed by atoms with E-state index in [0.717, 1.165) is 45.2 Å². The third kappa shape index (κ3) is 5.96. The van der Waals surface area contributed by atoms with Crippen LogP contribution in [0.3, 0.4) is 0 Å². The first-order chi connectivity index (χ1) is 12.4. The van der Waals surface area contributed by atoms with Crippen LogP contribution in [-0.4, -0.2) is 74.7 Å². The van der Waals surface area contributed by atoms with Crippen molar-refractivity contribution in [3.63, 3.8) is 0 Å². The summed E-state index contributed by atoms with van der Waals surface area (Å²) in [6, 6.07) is 3.13. The van der Waals surface area contributed by atoms with Crippen molar-refractivity contribution in [2.45, 2.75) is 19.4 Å². The van der Waals surface area contributed by atoms with Crippen LogP contribution in [0.2, 0.25) is 0 Å². The molecule has 2 N–H and O–H groups in total. The van der Waals surface area contributed by atoms with Gasteiger partial charge in [0.05, 0.1) is 18.4 Å². The van der Waals surface area contributed by atoms with Crippen molar-refractivity contribution in [1.82, 2.24) is 15.1 Å². The number of likely N-dealkylation sites (N-methyl/N-ethyl adjacent to an activating group) is 1. The summed E-state index contributed by atoms with van der Waals surface area (Å²) in [7, 11) is 3.35. The number of anilines is 1. The van der Waals surface area contributed by atoms with E-state index >= 15 is 0 Å². The summed E-state index contributed by atoms with van der Waals surface area (Å²) < 4.78 is 18.5. The number of urea groups is 1. The molecule has 1 heterocycles. The molecular weight excluding hydrogens is 339 g/mol. The van der Waals surface area contributed by atoms with Crippen molar-refractivity contribution >= 4 is 17.7 Å². The highest BCUT2D eigenvalue weighted by Gasteiger charge is 2.16. The Bertz CT molecular complexity index is 633. The first-order valence-electron chi connectivity index (χ1n) is 8.75. The number of hydrogen-bond acceptors (Lipinski definition) is 5. The third-order valence-electron chi connectivity index (χ3n) is 4.49. The maximum Gasteiger partial charge on any atom is 0.337 e. The van der Waals surface area contributed by atoms with E-state index in [1.165, 1.54) is 19.2 Å². The lowest BCUT2D eigenvalue weighted by Crippen LogP contribution is -2.46. The van der Waals surface area contributed by atoms with Crippen molar-refractivity contribution in [2.24, 2.45) is 0 Å². The van der Waals surface area contributed by atoms with Crippen LogP contribution in [0.15, 0.2) is 18.2 Å². The van der Waals surface area contributed by atoms with Crippen LogP contribution in [-0.2, 0) is 4.74 Å². The number of piperazine rings is 1. The molecular formula is C18H27FN4O3. The van der Waals surface area contributed by atoms with Crippen LogP contribution in [0.5, 0.6) is 0 Å². The largest absolute Gasteiger partial charge is 0.465 e. The number of nitrogens with one attached hydrogen (secondary N) is 2. The molecule has 144 valence electrons. The zero-order valence-corrected chi connectivity index (χ0v) is 15.5. The number of hydrogen-bond donors (Lipinski definition) is 2. The second-order valence-electron chi connectivity index (χ2n) is 6.62. The minimum absolute atomic E-state index is 0.0542. The number of ether oxygens (including phenoxy) is 1. The Morgan fingerprint density at radius 2 is 1.96 bits per heavy atom. The standard InChI is InChI=1S/C18H27FN4O3/c1-13(6-7-23-10-8-22(2)9-11-23)20-18(25)21-16-12-14(17(24)26-3)4-5-15(16)19/h4-5,12-13H,6-11H2,1-3H3,(H2,20,21,25). The maximum atomic E-state index is 13.9. The van der Waals surface area contributed by atoms with E-state index in [0.29, 0.717) is 0 Å². The molecule has 0 saturated carbocycles. The van der Waals surface area contributed by atoms with Crippen molar-refractivity contribution in [2.75, 3.05) is 52.2 Å². The average molecular weight is 366 g/mol. The lowest BCUT2D eigenvalue weighted by molar-refractivity contribution is 0.0600. The smallest absolute Gasteiger partial charge is 0.337 e. The molecule has 26 heavy (non-hydrogen) atoms. The van der Waals surface area contributed by atoms with Crippen LogP contribution in [0, 0.1) is 5.82 Å². The molecule has 8 heteroatoms. The minimum Gasteiger partial charge on any atom is -0.465 e. The Morgan fingerprint density at radius 1 is 1.27 bits per heavy atom. The molecule has 1 aromatic carbocycles. The fraction of sp³-hybridized carbons (Fsp3) is 0.556. The number of carbonyl (C=O) groups is 2. The summed E-state index contributed by atoms with van der Waals surface area (Å²) in [6.45, 7) is 6.98. The van der Waals surface area contributed by atoms with Gasteiger partial charge in [-0.3, -0.25) is 0 Å². The predicted octanol–water partition coefficient (Wildman–Crippen LogP) is 1.76. The molecule has 1 saturated heterocycles.